The molecule has 6 atom stereocenters. The first-order valence-electron chi connectivity index (χ1n) is 5.15. The second-order valence-corrected chi connectivity index (χ2v) is 5.03. The summed E-state index contributed by atoms with van der Waals surface area (Å²) in [5.41, 5.74) is -3.89. The van der Waals surface area contributed by atoms with Crippen molar-refractivity contribution in [2.24, 2.45) is 0 Å². The van der Waals surface area contributed by atoms with Crippen molar-refractivity contribution in [2.75, 3.05) is 0 Å². The molecule has 1 aliphatic rings. The van der Waals surface area contributed by atoms with Gasteiger partial charge < -0.3 is 30.3 Å². The van der Waals surface area contributed by atoms with Crippen LogP contribution in [-0.4, -0.2) is 60.8 Å². The summed E-state index contributed by atoms with van der Waals surface area (Å²) in [5, 5.41) is 49.2. The minimum atomic E-state index is -2.03. The van der Waals surface area contributed by atoms with E-state index in [1.54, 1.807) is 0 Å². The largest absolute Gasteiger partial charge is 0.391 e. The Hall–Kier alpha value is -0.240. The molecule has 1 rings (SSSR count). The van der Waals surface area contributed by atoms with Gasteiger partial charge in [-0.2, -0.15) is 0 Å². The van der Waals surface area contributed by atoms with E-state index in [1.807, 2.05) is 0 Å². The zero-order valence-electron chi connectivity index (χ0n) is 9.88. The average Bonchev–Trinajstić information content (AvgIpc) is 2.10. The van der Waals surface area contributed by atoms with Crippen molar-refractivity contribution in [3.63, 3.8) is 0 Å². The van der Waals surface area contributed by atoms with Gasteiger partial charge in [-0.25, -0.2) is 0 Å². The van der Waals surface area contributed by atoms with Gasteiger partial charge in [-0.05, 0) is 27.7 Å². The van der Waals surface area contributed by atoms with Crippen LogP contribution >= 0.6 is 0 Å². The summed E-state index contributed by atoms with van der Waals surface area (Å²) in [4.78, 5) is 0. The van der Waals surface area contributed by atoms with E-state index in [1.165, 1.54) is 20.8 Å². The van der Waals surface area contributed by atoms with Crippen molar-refractivity contribution in [1.82, 2.24) is 0 Å². The highest BCUT2D eigenvalue weighted by Gasteiger charge is 2.64. The zero-order chi connectivity index (χ0) is 12.9. The molecule has 16 heavy (non-hydrogen) atoms. The van der Waals surface area contributed by atoms with Gasteiger partial charge in [0.1, 0.15) is 23.4 Å². The quantitative estimate of drug-likeness (QED) is 0.372. The lowest BCUT2D eigenvalue weighted by Crippen LogP contribution is -2.76. The van der Waals surface area contributed by atoms with Crippen molar-refractivity contribution in [1.29, 1.82) is 0 Å². The van der Waals surface area contributed by atoms with Gasteiger partial charge in [0.2, 0.25) is 0 Å². The summed E-state index contributed by atoms with van der Waals surface area (Å²) in [6, 6.07) is 0. The smallest absolute Gasteiger partial charge is 0.192 e. The summed E-state index contributed by atoms with van der Waals surface area (Å²) in [6.45, 7) is 4.95. The van der Waals surface area contributed by atoms with Crippen molar-refractivity contribution in [3.05, 3.63) is 0 Å². The van der Waals surface area contributed by atoms with E-state index in [0.717, 1.165) is 6.92 Å². The Morgan fingerprint density at radius 3 is 1.88 bits per heavy atom. The molecule has 96 valence electrons. The fraction of sp³-hybridized carbons (Fsp3) is 1.00. The maximum Gasteiger partial charge on any atom is 0.192 e. The van der Waals surface area contributed by atoms with Crippen LogP contribution in [0, 0.1) is 0 Å². The first kappa shape index (κ1) is 13.8. The molecule has 0 aromatic rings. The molecule has 6 heteroatoms. The highest BCUT2D eigenvalue weighted by molar-refractivity contribution is 5.11. The summed E-state index contributed by atoms with van der Waals surface area (Å²) < 4.78 is 5.04. The molecule has 1 heterocycles. The molecule has 0 bridgehead atoms. The topological polar surface area (TPSA) is 110 Å². The van der Waals surface area contributed by atoms with Crippen molar-refractivity contribution < 1.29 is 30.3 Å². The molecule has 0 aromatic heterocycles. The minimum absolute atomic E-state index is 1.11. The van der Waals surface area contributed by atoms with E-state index < -0.39 is 35.3 Å². The molecule has 0 saturated carbocycles. The van der Waals surface area contributed by atoms with Crippen LogP contribution in [0.1, 0.15) is 27.7 Å². The fourth-order valence-corrected chi connectivity index (χ4v) is 2.09. The van der Waals surface area contributed by atoms with Crippen LogP contribution in [0.5, 0.6) is 0 Å². The van der Waals surface area contributed by atoms with Crippen LogP contribution in [-0.2, 0) is 4.74 Å². The van der Waals surface area contributed by atoms with Gasteiger partial charge in [-0.3, -0.25) is 0 Å². The lowest BCUT2D eigenvalue weighted by molar-refractivity contribution is -0.396. The molecule has 0 aliphatic carbocycles. The molecule has 0 radical (unpaired) electrons. The maximum absolute atomic E-state index is 10.1. The van der Waals surface area contributed by atoms with Gasteiger partial charge >= 0.3 is 0 Å². The summed E-state index contributed by atoms with van der Waals surface area (Å²) in [5.74, 6) is -2.03. The van der Waals surface area contributed by atoms with Gasteiger partial charge in [-0.15, -0.1) is 0 Å². The van der Waals surface area contributed by atoms with Crippen molar-refractivity contribution in [2.45, 2.75) is 63.0 Å². The number of aliphatic hydroxyl groups is 5. The molecule has 1 unspecified atom stereocenters. The van der Waals surface area contributed by atoms with Crippen LogP contribution in [0.25, 0.3) is 0 Å². The SMILES string of the molecule is CC(O)[C@H]1O[C@](C)(O)[C@H](O)[C@@](C)(O)[C@@]1(C)O. The molecule has 0 amide bonds. The normalized spacial score (nSPS) is 56.1. The van der Waals surface area contributed by atoms with E-state index in [0.29, 0.717) is 0 Å². The number of ether oxygens (including phenoxy) is 1. The van der Waals surface area contributed by atoms with Crippen LogP contribution < -0.4 is 0 Å². The number of rotatable bonds is 1. The van der Waals surface area contributed by atoms with Crippen LogP contribution in [0.4, 0.5) is 0 Å². The van der Waals surface area contributed by atoms with E-state index >= 15 is 0 Å². The summed E-state index contributed by atoms with van der Waals surface area (Å²) >= 11 is 0. The number of hydrogen-bond donors (Lipinski definition) is 5. The van der Waals surface area contributed by atoms with Crippen LogP contribution in [0.2, 0.25) is 0 Å². The predicted molar refractivity (Wildman–Crippen MR) is 54.4 cm³/mol. The molecule has 1 fully saturated rings. The van der Waals surface area contributed by atoms with Crippen LogP contribution in [0.15, 0.2) is 0 Å². The Labute approximate surface area is 94.1 Å². The molecule has 6 nitrogen and oxygen atoms in total. The van der Waals surface area contributed by atoms with E-state index in [2.05, 4.69) is 0 Å². The fourth-order valence-electron chi connectivity index (χ4n) is 2.09. The molecule has 5 N–H and O–H groups in total. The molecular weight excluding hydrogens is 216 g/mol. The molecule has 1 aliphatic heterocycles. The second kappa shape index (κ2) is 3.63. The van der Waals surface area contributed by atoms with E-state index in [-0.39, 0.29) is 0 Å². The molecule has 0 aromatic carbocycles. The van der Waals surface area contributed by atoms with E-state index in [4.69, 9.17) is 4.74 Å². The van der Waals surface area contributed by atoms with Crippen molar-refractivity contribution >= 4 is 0 Å². The summed E-state index contributed by atoms with van der Waals surface area (Å²) in [6.07, 6.45) is -4.01. The Bertz CT molecular complexity index is 264. The monoisotopic (exact) mass is 236 g/mol. The Morgan fingerprint density at radius 1 is 1.06 bits per heavy atom. The van der Waals surface area contributed by atoms with Gasteiger partial charge in [0.15, 0.2) is 5.79 Å². The van der Waals surface area contributed by atoms with Gasteiger partial charge in [0, 0.05) is 0 Å². The van der Waals surface area contributed by atoms with Gasteiger partial charge in [-0.1, -0.05) is 0 Å². The lowest BCUT2D eigenvalue weighted by atomic mass is 9.71. The number of hydrogen-bond acceptors (Lipinski definition) is 6. The van der Waals surface area contributed by atoms with Gasteiger partial charge in [0.05, 0.1) is 6.10 Å². The van der Waals surface area contributed by atoms with Gasteiger partial charge in [0.25, 0.3) is 0 Å². The van der Waals surface area contributed by atoms with Crippen LogP contribution in [0.3, 0.4) is 0 Å². The highest BCUT2D eigenvalue weighted by atomic mass is 16.7. The first-order valence-corrected chi connectivity index (χ1v) is 5.15. The highest BCUT2D eigenvalue weighted by Crippen LogP contribution is 2.42. The Balaban J connectivity index is 3.19. The predicted octanol–water partition coefficient (Wildman–Crippen LogP) is -1.66. The third-order valence-electron chi connectivity index (χ3n) is 3.42. The zero-order valence-corrected chi connectivity index (χ0v) is 9.88. The second-order valence-electron chi connectivity index (χ2n) is 5.03. The first-order chi connectivity index (χ1) is 6.94. The molecular formula is C10H20O6. The minimum Gasteiger partial charge on any atom is -0.391 e. The van der Waals surface area contributed by atoms with Crippen molar-refractivity contribution in [3.8, 4) is 0 Å². The summed E-state index contributed by atoms with van der Waals surface area (Å²) in [7, 11) is 0. The van der Waals surface area contributed by atoms with E-state index in [9.17, 15) is 25.5 Å². The Kier molecular flexibility index (Phi) is 3.13. The molecule has 1 saturated heterocycles. The maximum atomic E-state index is 10.1. The molecule has 0 spiro atoms. The third-order valence-corrected chi connectivity index (χ3v) is 3.42. The Morgan fingerprint density at radius 2 is 1.50 bits per heavy atom. The number of aliphatic hydroxyl groups excluding tert-OH is 2. The lowest BCUT2D eigenvalue weighted by Gasteiger charge is -2.55. The standard InChI is InChI=1S/C10H20O6/c1-5(11)6-8(2,13)9(3,14)7(12)10(4,15)16-6/h5-7,11-15H,1-4H3/t5?,6-,7-,8+,9-,10+/m1/s1. The third kappa shape index (κ3) is 1.75. The average molecular weight is 236 g/mol.